The van der Waals surface area contributed by atoms with E-state index in [-0.39, 0.29) is 22.8 Å². The monoisotopic (exact) mass is 355 g/mol. The molecule has 0 aromatic heterocycles. The number of Topliss-reactive ketones (excluding diaryl/α,β-unsaturated/α-hetero) is 1. The topological polar surface area (TPSA) is 105 Å². The molecule has 7 heteroatoms. The summed E-state index contributed by atoms with van der Waals surface area (Å²) in [4.78, 5) is 24.3. The fourth-order valence-corrected chi connectivity index (χ4v) is 2.82. The third kappa shape index (κ3) is 2.95. The summed E-state index contributed by atoms with van der Waals surface area (Å²) in [5.41, 5.74) is 0.763. The van der Waals surface area contributed by atoms with Crippen molar-refractivity contribution < 1.29 is 29.3 Å². The van der Waals surface area contributed by atoms with E-state index in [1.807, 2.05) is 0 Å². The highest BCUT2D eigenvalue weighted by atomic mass is 16.5. The van der Waals surface area contributed by atoms with Crippen molar-refractivity contribution in [2.75, 3.05) is 14.2 Å². The summed E-state index contributed by atoms with van der Waals surface area (Å²) in [6.45, 7) is 0. The molecule has 1 aliphatic rings. The first-order valence-electron chi connectivity index (χ1n) is 7.76. The first kappa shape index (κ1) is 17.3. The molecule has 3 N–H and O–H groups in total. The molecular formula is C19H17NO6. The quantitative estimate of drug-likeness (QED) is 0.441. The first-order valence-corrected chi connectivity index (χ1v) is 7.76. The predicted octanol–water partition coefficient (Wildman–Crippen LogP) is 2.12. The van der Waals surface area contributed by atoms with Gasteiger partial charge in [-0.3, -0.25) is 9.59 Å². The molecule has 0 bridgehead atoms. The molecule has 1 aliphatic heterocycles. The van der Waals surface area contributed by atoms with Crippen molar-refractivity contribution in [1.29, 1.82) is 0 Å². The first-order chi connectivity index (χ1) is 12.5. The predicted molar refractivity (Wildman–Crippen MR) is 93.1 cm³/mol. The summed E-state index contributed by atoms with van der Waals surface area (Å²) in [7, 11) is 2.88. The molecule has 0 spiro atoms. The van der Waals surface area contributed by atoms with Crippen LogP contribution in [0.4, 0.5) is 0 Å². The van der Waals surface area contributed by atoms with E-state index in [0.29, 0.717) is 16.9 Å². The van der Waals surface area contributed by atoms with E-state index in [9.17, 15) is 19.8 Å². The molecule has 2 aromatic rings. The molecule has 1 saturated heterocycles. The van der Waals surface area contributed by atoms with E-state index in [2.05, 4.69) is 5.32 Å². The summed E-state index contributed by atoms with van der Waals surface area (Å²) >= 11 is 0. The molecule has 7 nitrogen and oxygen atoms in total. The van der Waals surface area contributed by atoms with Crippen LogP contribution in [0.15, 0.2) is 48.0 Å². The summed E-state index contributed by atoms with van der Waals surface area (Å²) in [5, 5.41) is 23.0. The van der Waals surface area contributed by atoms with Gasteiger partial charge in [-0.1, -0.05) is 18.2 Å². The van der Waals surface area contributed by atoms with Crippen LogP contribution in [0.5, 0.6) is 17.2 Å². The Hall–Kier alpha value is -3.48. The lowest BCUT2D eigenvalue weighted by Gasteiger charge is -2.15. The molecule has 26 heavy (non-hydrogen) atoms. The zero-order valence-electron chi connectivity index (χ0n) is 14.1. The van der Waals surface area contributed by atoms with Crippen LogP contribution in [-0.2, 0) is 9.59 Å². The number of aliphatic hydroxyl groups excluding tert-OH is 1. The van der Waals surface area contributed by atoms with Crippen molar-refractivity contribution in [2.24, 2.45) is 0 Å². The van der Waals surface area contributed by atoms with Crippen LogP contribution in [0.2, 0.25) is 0 Å². The van der Waals surface area contributed by atoms with Crippen molar-refractivity contribution in [1.82, 2.24) is 5.32 Å². The number of hydrogen-bond donors (Lipinski definition) is 3. The number of carbonyl (C=O) groups excluding carboxylic acids is 2. The van der Waals surface area contributed by atoms with Crippen LogP contribution in [0.1, 0.15) is 17.2 Å². The Kier molecular flexibility index (Phi) is 4.53. The van der Waals surface area contributed by atoms with E-state index >= 15 is 0 Å². The van der Waals surface area contributed by atoms with Gasteiger partial charge >= 0.3 is 0 Å². The number of amides is 1. The van der Waals surface area contributed by atoms with Crippen LogP contribution >= 0.6 is 0 Å². The highest BCUT2D eigenvalue weighted by molar-refractivity contribution is 6.46. The van der Waals surface area contributed by atoms with E-state index in [1.54, 1.807) is 30.3 Å². The minimum absolute atomic E-state index is 0.0732. The third-order valence-corrected chi connectivity index (χ3v) is 4.15. The molecule has 1 atom stereocenters. The van der Waals surface area contributed by atoms with Crippen LogP contribution in [0.25, 0.3) is 5.76 Å². The van der Waals surface area contributed by atoms with Crippen molar-refractivity contribution in [3.05, 3.63) is 59.2 Å². The van der Waals surface area contributed by atoms with Crippen LogP contribution < -0.4 is 14.8 Å². The zero-order valence-corrected chi connectivity index (χ0v) is 14.1. The van der Waals surface area contributed by atoms with Crippen molar-refractivity contribution >= 4 is 17.4 Å². The Morgan fingerprint density at radius 3 is 2.54 bits per heavy atom. The maximum atomic E-state index is 12.3. The van der Waals surface area contributed by atoms with Crippen LogP contribution in [0, 0.1) is 0 Å². The lowest BCUT2D eigenvalue weighted by molar-refractivity contribution is -0.133. The van der Waals surface area contributed by atoms with Crippen molar-refractivity contribution in [2.45, 2.75) is 6.04 Å². The number of phenols is 1. The van der Waals surface area contributed by atoms with Gasteiger partial charge in [0.1, 0.15) is 11.5 Å². The van der Waals surface area contributed by atoms with Crippen LogP contribution in [-0.4, -0.2) is 36.1 Å². The Balaban J connectivity index is 2.13. The van der Waals surface area contributed by atoms with Gasteiger partial charge in [-0.05, 0) is 29.8 Å². The average molecular weight is 355 g/mol. The fraction of sp³-hybridized carbons (Fsp3) is 0.158. The largest absolute Gasteiger partial charge is 0.507 e. The number of ether oxygens (including phenoxy) is 2. The highest BCUT2D eigenvalue weighted by Gasteiger charge is 2.39. The molecule has 0 unspecified atom stereocenters. The van der Waals surface area contributed by atoms with Gasteiger partial charge in [0, 0.05) is 5.56 Å². The number of ketones is 1. The molecule has 1 heterocycles. The van der Waals surface area contributed by atoms with Gasteiger partial charge in [-0.2, -0.15) is 0 Å². The minimum atomic E-state index is -0.865. The Labute approximate surface area is 149 Å². The van der Waals surface area contributed by atoms with Gasteiger partial charge in [-0.25, -0.2) is 0 Å². The number of nitrogens with one attached hydrogen (secondary N) is 1. The van der Waals surface area contributed by atoms with Gasteiger partial charge in [0.25, 0.3) is 11.7 Å². The number of phenolic OH excluding ortho intramolecular Hbond substituents is 1. The number of rotatable bonds is 4. The SMILES string of the molecule is COc1cccc(C(O)=C2C(=O)C(=O)N[C@H]2c2ccc(O)c(OC)c2)c1. The lowest BCUT2D eigenvalue weighted by Crippen LogP contribution is -2.21. The maximum absolute atomic E-state index is 12.3. The number of benzene rings is 2. The van der Waals surface area contributed by atoms with Gasteiger partial charge in [0.15, 0.2) is 11.5 Å². The summed E-state index contributed by atoms with van der Waals surface area (Å²) in [5.74, 6) is -1.33. The molecular weight excluding hydrogens is 338 g/mol. The van der Waals surface area contributed by atoms with Crippen LogP contribution in [0.3, 0.4) is 0 Å². The molecule has 0 aliphatic carbocycles. The second-order valence-electron chi connectivity index (χ2n) is 5.66. The molecule has 0 radical (unpaired) electrons. The smallest absolute Gasteiger partial charge is 0.293 e. The third-order valence-electron chi connectivity index (χ3n) is 4.15. The molecule has 1 fully saturated rings. The standard InChI is InChI=1S/C19H17NO6/c1-25-12-5-3-4-11(8-12)17(22)15-16(20-19(24)18(15)23)10-6-7-13(21)14(9-10)26-2/h3-9,16,21-22H,1-2H3,(H,20,24)/t16-/m0/s1. The highest BCUT2D eigenvalue weighted by Crippen LogP contribution is 2.36. The van der Waals surface area contributed by atoms with Crippen molar-refractivity contribution in [3.8, 4) is 17.2 Å². The van der Waals surface area contributed by atoms with E-state index in [4.69, 9.17) is 9.47 Å². The molecule has 1 amide bonds. The van der Waals surface area contributed by atoms with Gasteiger partial charge in [-0.15, -0.1) is 0 Å². The number of methoxy groups -OCH3 is 2. The van der Waals surface area contributed by atoms with Gasteiger partial charge in [0.2, 0.25) is 0 Å². The Morgan fingerprint density at radius 1 is 1.08 bits per heavy atom. The molecule has 2 aromatic carbocycles. The number of aliphatic hydroxyl groups is 1. The van der Waals surface area contributed by atoms with Gasteiger partial charge < -0.3 is 25.0 Å². The van der Waals surface area contributed by atoms with Gasteiger partial charge in [0.05, 0.1) is 25.8 Å². The maximum Gasteiger partial charge on any atom is 0.293 e. The minimum Gasteiger partial charge on any atom is -0.507 e. The van der Waals surface area contributed by atoms with E-state index < -0.39 is 17.7 Å². The zero-order chi connectivity index (χ0) is 18.8. The number of hydrogen-bond acceptors (Lipinski definition) is 6. The normalized spacial score (nSPS) is 18.5. The fourth-order valence-electron chi connectivity index (χ4n) is 2.82. The Bertz CT molecular complexity index is 918. The molecule has 134 valence electrons. The lowest BCUT2D eigenvalue weighted by atomic mass is 9.95. The Morgan fingerprint density at radius 2 is 1.85 bits per heavy atom. The summed E-state index contributed by atoms with van der Waals surface area (Å²) in [6, 6.07) is 10.1. The summed E-state index contributed by atoms with van der Waals surface area (Å²) in [6.07, 6.45) is 0. The van der Waals surface area contributed by atoms with E-state index in [0.717, 1.165) is 0 Å². The molecule has 3 rings (SSSR count). The average Bonchev–Trinajstić information content (AvgIpc) is 2.96. The van der Waals surface area contributed by atoms with Crippen molar-refractivity contribution in [3.63, 3.8) is 0 Å². The summed E-state index contributed by atoms with van der Waals surface area (Å²) < 4.78 is 10.2. The second-order valence-corrected chi connectivity index (χ2v) is 5.66. The second kappa shape index (κ2) is 6.79. The number of carbonyl (C=O) groups is 2. The number of aromatic hydroxyl groups is 1. The van der Waals surface area contributed by atoms with E-state index in [1.165, 1.54) is 26.4 Å². The molecule has 0 saturated carbocycles.